The number of aliphatic hydroxyl groups is 1. The quantitative estimate of drug-likeness (QED) is 0.0873. The third-order valence-electron chi connectivity index (χ3n) is 6.07. The van der Waals surface area contributed by atoms with Crippen LogP contribution in [0, 0.1) is 0 Å². The lowest BCUT2D eigenvalue weighted by atomic mass is 10.0. The van der Waals surface area contributed by atoms with Crippen molar-refractivity contribution in [3.8, 4) is 0 Å². The molecule has 0 aliphatic carbocycles. The van der Waals surface area contributed by atoms with E-state index in [2.05, 4.69) is 6.92 Å². The minimum Gasteiger partial charge on any atom is -0.542 e. The molecule has 7 nitrogen and oxygen atoms in total. The molecule has 0 saturated heterocycles. The van der Waals surface area contributed by atoms with Crippen LogP contribution in [-0.4, -0.2) is 52.5 Å². The molecule has 1 aliphatic heterocycles. The van der Waals surface area contributed by atoms with Crippen molar-refractivity contribution in [2.75, 3.05) is 6.61 Å². The molecule has 0 radical (unpaired) electrons. The maximum absolute atomic E-state index is 12.4. The van der Waals surface area contributed by atoms with Gasteiger partial charge >= 0.3 is 11.9 Å². The van der Waals surface area contributed by atoms with E-state index in [0.717, 1.165) is 19.3 Å². The average Bonchev–Trinajstić information content (AvgIpc) is 3.06. The first-order valence-corrected chi connectivity index (χ1v) is 21.3. The lowest BCUT2D eigenvalue weighted by molar-refractivity contribution is -0.153. The zero-order chi connectivity index (χ0) is 27.9. The zero-order valence-corrected chi connectivity index (χ0v) is 26.7. The van der Waals surface area contributed by atoms with E-state index in [9.17, 15) is 14.7 Å². The van der Waals surface area contributed by atoms with E-state index in [0.29, 0.717) is 6.42 Å². The molecule has 0 amide bonds. The number of cyclic esters (lactones) is 1. The number of rotatable bonds is 21. The van der Waals surface area contributed by atoms with Gasteiger partial charge in [-0.1, -0.05) is 84.0 Å². The molecule has 0 aromatic heterocycles. The number of esters is 2. The third-order valence-corrected chi connectivity index (χ3v) is 7.91. The zero-order valence-electron chi connectivity index (χ0n) is 24.7. The number of unbranched alkanes of at least 4 members (excludes halogenated alkanes) is 12. The second kappa shape index (κ2) is 17.3. The molecule has 37 heavy (non-hydrogen) atoms. The number of ether oxygens (including phenoxy) is 2. The van der Waals surface area contributed by atoms with Crippen LogP contribution in [0.15, 0.2) is 11.5 Å². The van der Waals surface area contributed by atoms with Gasteiger partial charge in [-0.2, -0.15) is 0 Å². The van der Waals surface area contributed by atoms with Crippen molar-refractivity contribution >= 4 is 28.6 Å². The summed E-state index contributed by atoms with van der Waals surface area (Å²) in [5.74, 6) is -1.53. The second-order valence-corrected chi connectivity index (χ2v) is 21.1. The molecule has 0 spiro atoms. The number of aliphatic hydroxyl groups excluding tert-OH is 1. The van der Waals surface area contributed by atoms with Gasteiger partial charge in [0.2, 0.25) is 14.1 Å². The second-order valence-electron chi connectivity index (χ2n) is 12.2. The van der Waals surface area contributed by atoms with Crippen molar-refractivity contribution in [2.45, 2.75) is 148 Å². The maximum atomic E-state index is 12.4. The van der Waals surface area contributed by atoms with Crippen LogP contribution in [0.4, 0.5) is 0 Å². The summed E-state index contributed by atoms with van der Waals surface area (Å²) in [5, 5.41) is 10.3. The molecule has 0 bridgehead atoms. The summed E-state index contributed by atoms with van der Waals surface area (Å²) < 4.78 is 23.1. The highest BCUT2D eigenvalue weighted by Gasteiger charge is 2.45. The van der Waals surface area contributed by atoms with Crippen LogP contribution in [0.5, 0.6) is 0 Å². The molecule has 0 saturated carbocycles. The van der Waals surface area contributed by atoms with Crippen molar-refractivity contribution in [2.24, 2.45) is 0 Å². The van der Waals surface area contributed by atoms with E-state index >= 15 is 0 Å². The van der Waals surface area contributed by atoms with Crippen LogP contribution in [0.3, 0.4) is 0 Å². The predicted octanol–water partition coefficient (Wildman–Crippen LogP) is 7.78. The summed E-state index contributed by atoms with van der Waals surface area (Å²) in [6.45, 7) is 14.1. The Morgan fingerprint density at radius 3 is 1.78 bits per heavy atom. The van der Waals surface area contributed by atoms with Gasteiger partial charge in [0.05, 0.1) is 0 Å². The van der Waals surface area contributed by atoms with Gasteiger partial charge in [0.15, 0.2) is 20.2 Å². The third kappa shape index (κ3) is 15.6. The Kier molecular flexibility index (Phi) is 15.8. The standard InChI is InChI=1S/C28H54O7Si2/c1-8-9-10-11-12-13-14-15-16-17-18-19-20-21-24(29)32-22-23(34-36(2,3)4)26-27(35-37(5,6)7)25(30)28(31)33-26/h23,26,30H,8-22H2,1-7H3. The van der Waals surface area contributed by atoms with Crippen molar-refractivity contribution in [1.29, 1.82) is 0 Å². The molecule has 1 heterocycles. The van der Waals surface area contributed by atoms with E-state index in [-0.39, 0.29) is 18.3 Å². The molecule has 1 N–H and O–H groups in total. The fraction of sp³-hybridized carbons (Fsp3) is 0.857. The van der Waals surface area contributed by atoms with Crippen LogP contribution >= 0.6 is 0 Å². The van der Waals surface area contributed by atoms with Crippen LogP contribution in [0.25, 0.3) is 0 Å². The van der Waals surface area contributed by atoms with Crippen molar-refractivity contribution in [1.82, 2.24) is 0 Å². The molecule has 9 heteroatoms. The highest BCUT2D eigenvalue weighted by atomic mass is 28.4. The van der Waals surface area contributed by atoms with Gasteiger partial charge in [-0.15, -0.1) is 0 Å². The van der Waals surface area contributed by atoms with Gasteiger partial charge in [-0.3, -0.25) is 4.79 Å². The van der Waals surface area contributed by atoms with Crippen molar-refractivity contribution in [3.63, 3.8) is 0 Å². The van der Waals surface area contributed by atoms with Gasteiger partial charge < -0.3 is 23.4 Å². The van der Waals surface area contributed by atoms with Crippen LogP contribution < -0.4 is 0 Å². The molecule has 1 aliphatic rings. The molecular formula is C28H54O7Si2. The van der Waals surface area contributed by atoms with E-state index in [1.807, 2.05) is 39.3 Å². The van der Waals surface area contributed by atoms with Gasteiger partial charge in [0.1, 0.15) is 12.7 Å². The Labute approximate surface area is 227 Å². The number of carbonyl (C=O) groups is 2. The summed E-state index contributed by atoms with van der Waals surface area (Å²) in [6, 6.07) is 0. The fourth-order valence-corrected chi connectivity index (χ4v) is 6.29. The summed E-state index contributed by atoms with van der Waals surface area (Å²) in [5.41, 5.74) is 0. The summed E-state index contributed by atoms with van der Waals surface area (Å²) in [4.78, 5) is 24.5. The van der Waals surface area contributed by atoms with E-state index < -0.39 is 40.6 Å². The van der Waals surface area contributed by atoms with Crippen LogP contribution in [0.2, 0.25) is 39.3 Å². The van der Waals surface area contributed by atoms with Crippen LogP contribution in [-0.2, 0) is 27.9 Å². The highest BCUT2D eigenvalue weighted by Crippen LogP contribution is 2.30. The van der Waals surface area contributed by atoms with E-state index in [1.54, 1.807) is 0 Å². The molecule has 2 atom stereocenters. The molecule has 1 rings (SSSR count). The Bertz CT molecular complexity index is 710. The number of hydrogen-bond acceptors (Lipinski definition) is 7. The summed E-state index contributed by atoms with van der Waals surface area (Å²) in [6.07, 6.45) is 15.0. The summed E-state index contributed by atoms with van der Waals surface area (Å²) in [7, 11) is -4.22. The number of hydrogen-bond donors (Lipinski definition) is 1. The van der Waals surface area contributed by atoms with Crippen LogP contribution in [0.1, 0.15) is 96.8 Å². The summed E-state index contributed by atoms with van der Waals surface area (Å²) >= 11 is 0. The molecule has 0 aromatic carbocycles. The fourth-order valence-electron chi connectivity index (χ4n) is 4.31. The van der Waals surface area contributed by atoms with Gasteiger partial charge in [0.25, 0.3) is 0 Å². The smallest absolute Gasteiger partial charge is 0.377 e. The van der Waals surface area contributed by atoms with Gasteiger partial charge in [0, 0.05) is 6.42 Å². The Hall–Kier alpha value is -1.33. The first kappa shape index (κ1) is 33.7. The van der Waals surface area contributed by atoms with Crippen molar-refractivity contribution in [3.05, 3.63) is 11.5 Å². The lowest BCUT2D eigenvalue weighted by Gasteiger charge is -2.32. The molecule has 0 fully saturated rings. The average molecular weight is 559 g/mol. The first-order chi connectivity index (χ1) is 17.3. The largest absolute Gasteiger partial charge is 0.542 e. The lowest BCUT2D eigenvalue weighted by Crippen LogP contribution is -2.44. The van der Waals surface area contributed by atoms with Gasteiger partial charge in [-0.05, 0) is 45.7 Å². The topological polar surface area (TPSA) is 91.3 Å². The SMILES string of the molecule is CCCCCCCCCCCCCCCC(=O)OCC(O[Si](C)(C)C)C1OC(=O)C(O)=C1O[Si](C)(C)C. The molecular weight excluding hydrogens is 504 g/mol. The molecule has 216 valence electrons. The van der Waals surface area contributed by atoms with Crippen molar-refractivity contribution < 1.29 is 33.0 Å². The Morgan fingerprint density at radius 1 is 0.838 bits per heavy atom. The number of carbonyl (C=O) groups excluding carboxylic acids is 2. The predicted molar refractivity (Wildman–Crippen MR) is 153 cm³/mol. The van der Waals surface area contributed by atoms with E-state index in [1.165, 1.54) is 64.2 Å². The minimum atomic E-state index is -2.13. The monoisotopic (exact) mass is 558 g/mol. The first-order valence-electron chi connectivity index (χ1n) is 14.5. The van der Waals surface area contributed by atoms with E-state index in [4.69, 9.17) is 18.3 Å². The Morgan fingerprint density at radius 2 is 1.32 bits per heavy atom. The minimum absolute atomic E-state index is 0.0503. The highest BCUT2D eigenvalue weighted by molar-refractivity contribution is 6.70. The normalized spacial score (nSPS) is 17.2. The molecule has 0 aromatic rings. The maximum Gasteiger partial charge on any atom is 0.377 e. The molecule has 2 unspecified atom stereocenters. The Balaban J connectivity index is 2.36. The van der Waals surface area contributed by atoms with Gasteiger partial charge in [-0.25, -0.2) is 4.79 Å².